The quantitative estimate of drug-likeness (QED) is 0.709. The molecular formula is C21H25F2NO4. The fraction of sp³-hybridized carbons (Fsp3) is 0.619. The van der Waals surface area contributed by atoms with E-state index >= 15 is 0 Å². The minimum absolute atomic E-state index is 0.117. The van der Waals surface area contributed by atoms with Crippen molar-refractivity contribution in [3.63, 3.8) is 0 Å². The average Bonchev–Trinajstić information content (AvgIpc) is 3.55. The number of halogens is 2. The van der Waals surface area contributed by atoms with E-state index in [9.17, 15) is 18.4 Å². The van der Waals surface area contributed by atoms with Gasteiger partial charge in [-0.3, -0.25) is 4.79 Å². The van der Waals surface area contributed by atoms with Crippen LogP contribution in [0, 0.1) is 35.3 Å². The molecule has 0 unspecified atom stereocenters. The van der Waals surface area contributed by atoms with E-state index in [1.54, 1.807) is 0 Å². The van der Waals surface area contributed by atoms with Gasteiger partial charge in [-0.15, -0.1) is 0 Å². The molecule has 0 radical (unpaired) electrons. The summed E-state index contributed by atoms with van der Waals surface area (Å²) in [5.41, 5.74) is -0.0180. The SMILES string of the molecule is O=C(c1c(F)cc(COC[C@@H]2C[C@@H]2C2CCN(C(=O)O)CC2)cc1F)C1CC1. The van der Waals surface area contributed by atoms with Gasteiger partial charge in [-0.05, 0) is 67.6 Å². The molecule has 2 atom stereocenters. The molecule has 4 rings (SSSR count). The Morgan fingerprint density at radius 3 is 2.32 bits per heavy atom. The normalized spacial score (nSPS) is 25.0. The summed E-state index contributed by atoms with van der Waals surface area (Å²) in [4.78, 5) is 24.4. The Balaban J connectivity index is 1.23. The van der Waals surface area contributed by atoms with Gasteiger partial charge in [-0.1, -0.05) is 0 Å². The fourth-order valence-electron chi connectivity index (χ4n) is 4.38. The summed E-state index contributed by atoms with van der Waals surface area (Å²) in [6.45, 7) is 1.84. The number of piperidine rings is 1. The second-order valence-electron chi connectivity index (χ2n) is 8.35. The van der Waals surface area contributed by atoms with Crippen LogP contribution in [-0.2, 0) is 11.3 Å². The number of likely N-dealkylation sites (tertiary alicyclic amines) is 1. The minimum atomic E-state index is -0.849. The summed E-state index contributed by atoms with van der Waals surface area (Å²) < 4.78 is 34.0. The van der Waals surface area contributed by atoms with Crippen molar-refractivity contribution in [1.29, 1.82) is 0 Å². The van der Waals surface area contributed by atoms with Crippen LogP contribution in [0.2, 0.25) is 0 Å². The number of ether oxygens (including phenoxy) is 1. The molecule has 1 aliphatic heterocycles. The predicted molar refractivity (Wildman–Crippen MR) is 97.0 cm³/mol. The van der Waals surface area contributed by atoms with Gasteiger partial charge in [0.25, 0.3) is 0 Å². The number of Topliss-reactive ketones (excluding diaryl/α,β-unsaturated/α-hetero) is 1. The minimum Gasteiger partial charge on any atom is -0.465 e. The third-order valence-corrected chi connectivity index (χ3v) is 6.29. The number of carboxylic acid groups (broad SMARTS) is 1. The highest BCUT2D eigenvalue weighted by molar-refractivity contribution is 5.99. The first kappa shape index (κ1) is 19.3. The first-order chi connectivity index (χ1) is 13.4. The maximum absolute atomic E-state index is 14.2. The predicted octanol–water partition coefficient (Wildman–Crippen LogP) is 4.10. The van der Waals surface area contributed by atoms with E-state index in [-0.39, 0.29) is 12.5 Å². The molecule has 1 heterocycles. The lowest BCUT2D eigenvalue weighted by Gasteiger charge is -2.30. The van der Waals surface area contributed by atoms with Crippen LogP contribution < -0.4 is 0 Å². The number of hydrogen-bond acceptors (Lipinski definition) is 3. The summed E-state index contributed by atoms with van der Waals surface area (Å²) in [7, 11) is 0. The van der Waals surface area contributed by atoms with Crippen LogP contribution >= 0.6 is 0 Å². The van der Waals surface area contributed by atoms with Gasteiger partial charge in [0.1, 0.15) is 11.6 Å². The molecule has 0 spiro atoms. The van der Waals surface area contributed by atoms with Gasteiger partial charge < -0.3 is 14.7 Å². The van der Waals surface area contributed by atoms with Gasteiger partial charge >= 0.3 is 6.09 Å². The third kappa shape index (κ3) is 4.19. The number of ketones is 1. The number of nitrogens with zero attached hydrogens (tertiary/aromatic N) is 1. The molecule has 3 aliphatic rings. The smallest absolute Gasteiger partial charge is 0.407 e. The standard InChI is InChI=1S/C21H25F2NO4/c22-17-7-12(8-18(23)19(17)20(25)14-1-2-14)10-28-11-15-9-16(15)13-3-5-24(6-4-13)21(26)27/h7-8,13-16H,1-6,9-11H2,(H,26,27)/t15-,16+/m0/s1. The lowest BCUT2D eigenvalue weighted by Crippen LogP contribution is -2.38. The Morgan fingerprint density at radius 2 is 1.75 bits per heavy atom. The van der Waals surface area contributed by atoms with Gasteiger partial charge in [0, 0.05) is 19.0 Å². The largest absolute Gasteiger partial charge is 0.465 e. The highest BCUT2D eigenvalue weighted by atomic mass is 19.1. The van der Waals surface area contributed by atoms with Gasteiger partial charge in [0.05, 0.1) is 18.8 Å². The lowest BCUT2D eigenvalue weighted by atomic mass is 9.91. The van der Waals surface area contributed by atoms with E-state index in [1.165, 1.54) is 17.0 Å². The average molecular weight is 393 g/mol. The molecule has 152 valence electrons. The number of amides is 1. The van der Waals surface area contributed by atoms with E-state index in [4.69, 9.17) is 9.84 Å². The Kier molecular flexibility index (Phi) is 5.36. The van der Waals surface area contributed by atoms with E-state index in [2.05, 4.69) is 0 Å². The molecule has 1 aromatic carbocycles. The summed E-state index contributed by atoms with van der Waals surface area (Å²) in [5, 5.41) is 9.01. The lowest BCUT2D eigenvalue weighted by molar-refractivity contribution is 0.0952. The van der Waals surface area contributed by atoms with Crippen LogP contribution in [0.3, 0.4) is 0 Å². The molecule has 0 bridgehead atoms. The number of benzene rings is 1. The molecule has 1 N–H and O–H groups in total. The molecule has 3 fully saturated rings. The zero-order valence-corrected chi connectivity index (χ0v) is 15.7. The van der Waals surface area contributed by atoms with E-state index in [0.717, 1.165) is 19.3 Å². The maximum atomic E-state index is 14.2. The second kappa shape index (κ2) is 7.78. The molecule has 28 heavy (non-hydrogen) atoms. The van der Waals surface area contributed by atoms with Gasteiger partial charge in [-0.2, -0.15) is 0 Å². The van der Waals surface area contributed by atoms with Crippen molar-refractivity contribution in [3.8, 4) is 0 Å². The van der Waals surface area contributed by atoms with Crippen molar-refractivity contribution >= 4 is 11.9 Å². The number of carbonyl (C=O) groups excluding carboxylic acids is 1. The zero-order chi connectivity index (χ0) is 19.8. The van der Waals surface area contributed by atoms with Crippen molar-refractivity contribution in [2.24, 2.45) is 23.7 Å². The van der Waals surface area contributed by atoms with Gasteiger partial charge in [-0.25, -0.2) is 13.6 Å². The fourth-order valence-corrected chi connectivity index (χ4v) is 4.38. The Morgan fingerprint density at radius 1 is 1.11 bits per heavy atom. The van der Waals surface area contributed by atoms with Gasteiger partial charge in [0.15, 0.2) is 5.78 Å². The van der Waals surface area contributed by atoms with E-state index in [1.807, 2.05) is 0 Å². The van der Waals surface area contributed by atoms with Crippen LogP contribution in [0.15, 0.2) is 12.1 Å². The zero-order valence-electron chi connectivity index (χ0n) is 15.7. The molecule has 2 saturated carbocycles. The Bertz CT molecular complexity index is 749. The second-order valence-corrected chi connectivity index (χ2v) is 8.35. The summed E-state index contributed by atoms with van der Waals surface area (Å²) in [6.07, 6.45) is 3.41. The monoisotopic (exact) mass is 393 g/mol. The van der Waals surface area contributed by atoms with Crippen LogP contribution in [0.1, 0.15) is 48.0 Å². The first-order valence-corrected chi connectivity index (χ1v) is 10.0. The number of hydrogen-bond donors (Lipinski definition) is 1. The highest BCUT2D eigenvalue weighted by Crippen LogP contribution is 2.48. The number of carbonyl (C=O) groups is 2. The molecule has 0 aromatic heterocycles. The van der Waals surface area contributed by atoms with Crippen LogP contribution in [0.25, 0.3) is 0 Å². The van der Waals surface area contributed by atoms with Crippen LogP contribution in [-0.4, -0.2) is 41.6 Å². The molecule has 1 aromatic rings. The van der Waals surface area contributed by atoms with E-state index < -0.39 is 29.1 Å². The number of rotatable bonds is 7. The third-order valence-electron chi connectivity index (χ3n) is 6.29. The first-order valence-electron chi connectivity index (χ1n) is 10.0. The molecule has 1 saturated heterocycles. The summed E-state index contributed by atoms with van der Waals surface area (Å²) >= 11 is 0. The summed E-state index contributed by atoms with van der Waals surface area (Å²) in [6, 6.07) is 2.40. The molecule has 5 nitrogen and oxygen atoms in total. The molecule has 1 amide bonds. The van der Waals surface area contributed by atoms with Crippen molar-refractivity contribution in [2.45, 2.75) is 38.7 Å². The van der Waals surface area contributed by atoms with Crippen molar-refractivity contribution < 1.29 is 28.2 Å². The van der Waals surface area contributed by atoms with E-state index in [0.29, 0.717) is 55.9 Å². The van der Waals surface area contributed by atoms with Crippen LogP contribution in [0.5, 0.6) is 0 Å². The Hall–Kier alpha value is -2.02. The van der Waals surface area contributed by atoms with Crippen molar-refractivity contribution in [3.05, 3.63) is 34.9 Å². The van der Waals surface area contributed by atoms with Crippen molar-refractivity contribution in [1.82, 2.24) is 4.90 Å². The van der Waals surface area contributed by atoms with Gasteiger partial charge in [0.2, 0.25) is 0 Å². The van der Waals surface area contributed by atoms with Crippen molar-refractivity contribution in [2.75, 3.05) is 19.7 Å². The molecule has 2 aliphatic carbocycles. The summed E-state index contributed by atoms with van der Waals surface area (Å²) in [5.74, 6) is -0.728. The topological polar surface area (TPSA) is 66.8 Å². The molecule has 7 heteroatoms. The van der Waals surface area contributed by atoms with Crippen LogP contribution in [0.4, 0.5) is 13.6 Å². The molecular weight excluding hydrogens is 368 g/mol. The Labute approximate surface area is 162 Å². The highest BCUT2D eigenvalue weighted by Gasteiger charge is 2.44. The maximum Gasteiger partial charge on any atom is 0.407 e.